The molecule has 2 heterocycles. The maximum absolute atomic E-state index is 12.0. The first-order valence-electron chi connectivity index (χ1n) is 7.00. The predicted molar refractivity (Wildman–Crippen MR) is 89.2 cm³/mol. The molecule has 1 unspecified atom stereocenters. The van der Waals surface area contributed by atoms with E-state index in [1.54, 1.807) is 23.9 Å². The van der Waals surface area contributed by atoms with E-state index < -0.39 is 0 Å². The normalized spacial score (nSPS) is 21.2. The minimum absolute atomic E-state index is 0.269. The lowest BCUT2D eigenvalue weighted by Gasteiger charge is -2.30. The summed E-state index contributed by atoms with van der Waals surface area (Å²) in [5, 5.41) is 3.44. The smallest absolute Gasteiger partial charge is 0.291 e. The number of amidine groups is 1. The van der Waals surface area contributed by atoms with E-state index in [-0.39, 0.29) is 17.2 Å². The SMILES string of the molecule is CC1(c2cccc(NC(=O)c3ccco3)c2)CCSC(N)=N1. The lowest BCUT2D eigenvalue weighted by molar-refractivity contribution is 0.0996. The summed E-state index contributed by atoms with van der Waals surface area (Å²) >= 11 is 1.57. The molecular formula is C16H17N3O2S. The molecule has 0 radical (unpaired) electrons. The molecular weight excluding hydrogens is 298 g/mol. The molecule has 1 amide bonds. The molecule has 114 valence electrons. The molecule has 0 saturated heterocycles. The highest BCUT2D eigenvalue weighted by Crippen LogP contribution is 2.35. The molecule has 22 heavy (non-hydrogen) atoms. The number of benzene rings is 1. The van der Waals surface area contributed by atoms with Gasteiger partial charge in [0.05, 0.1) is 11.8 Å². The number of thioether (sulfide) groups is 1. The van der Waals surface area contributed by atoms with Gasteiger partial charge in [0.1, 0.15) is 0 Å². The Kier molecular flexibility index (Phi) is 3.94. The van der Waals surface area contributed by atoms with Gasteiger partial charge in [-0.25, -0.2) is 0 Å². The summed E-state index contributed by atoms with van der Waals surface area (Å²) in [7, 11) is 0. The third-order valence-electron chi connectivity index (χ3n) is 3.68. The van der Waals surface area contributed by atoms with Gasteiger partial charge >= 0.3 is 0 Å². The number of nitrogens with zero attached hydrogens (tertiary/aromatic N) is 1. The van der Waals surface area contributed by atoms with Gasteiger partial charge < -0.3 is 15.5 Å². The van der Waals surface area contributed by atoms with Gasteiger partial charge in [0.2, 0.25) is 0 Å². The maximum atomic E-state index is 12.0. The fourth-order valence-electron chi connectivity index (χ4n) is 2.43. The summed E-state index contributed by atoms with van der Waals surface area (Å²) in [6.07, 6.45) is 2.39. The first-order valence-corrected chi connectivity index (χ1v) is 7.99. The Morgan fingerprint density at radius 2 is 2.27 bits per heavy atom. The fourth-order valence-corrected chi connectivity index (χ4v) is 3.40. The van der Waals surface area contributed by atoms with Crippen molar-refractivity contribution in [1.29, 1.82) is 0 Å². The molecule has 0 bridgehead atoms. The van der Waals surface area contributed by atoms with Gasteiger partial charge in [0, 0.05) is 11.4 Å². The van der Waals surface area contributed by atoms with Crippen molar-refractivity contribution in [2.75, 3.05) is 11.1 Å². The van der Waals surface area contributed by atoms with Crippen LogP contribution in [0.5, 0.6) is 0 Å². The van der Waals surface area contributed by atoms with Crippen molar-refractivity contribution >= 4 is 28.5 Å². The Morgan fingerprint density at radius 1 is 1.41 bits per heavy atom. The molecule has 1 aliphatic rings. The van der Waals surface area contributed by atoms with E-state index >= 15 is 0 Å². The largest absolute Gasteiger partial charge is 0.459 e. The maximum Gasteiger partial charge on any atom is 0.291 e. The molecule has 0 aliphatic carbocycles. The second-order valence-electron chi connectivity index (χ2n) is 5.33. The quantitative estimate of drug-likeness (QED) is 0.911. The van der Waals surface area contributed by atoms with E-state index in [1.807, 2.05) is 24.3 Å². The molecule has 1 aromatic heterocycles. The summed E-state index contributed by atoms with van der Waals surface area (Å²) in [5.74, 6) is 0.955. The molecule has 1 aliphatic heterocycles. The molecule has 3 rings (SSSR count). The molecule has 5 nitrogen and oxygen atoms in total. The number of aliphatic imine (C=N–C) groups is 1. The second-order valence-corrected chi connectivity index (χ2v) is 6.45. The third-order valence-corrected chi connectivity index (χ3v) is 4.48. The molecule has 6 heteroatoms. The van der Waals surface area contributed by atoms with E-state index in [1.165, 1.54) is 6.26 Å². The zero-order chi connectivity index (χ0) is 15.6. The van der Waals surface area contributed by atoms with Crippen LogP contribution in [0.15, 0.2) is 52.1 Å². The van der Waals surface area contributed by atoms with Crippen LogP contribution in [0.25, 0.3) is 0 Å². The van der Waals surface area contributed by atoms with Gasteiger partial charge in [-0.05, 0) is 43.2 Å². The summed E-state index contributed by atoms with van der Waals surface area (Å²) in [6.45, 7) is 2.06. The van der Waals surface area contributed by atoms with Crippen LogP contribution in [-0.4, -0.2) is 16.8 Å². The van der Waals surface area contributed by atoms with Crippen molar-refractivity contribution in [3.8, 4) is 0 Å². The van der Waals surface area contributed by atoms with Crippen LogP contribution in [0.4, 0.5) is 5.69 Å². The van der Waals surface area contributed by atoms with Crippen molar-refractivity contribution in [3.05, 3.63) is 54.0 Å². The standard InChI is InChI=1S/C16H17N3O2S/c1-16(7-9-22-15(17)19-16)11-4-2-5-12(10-11)18-14(20)13-6-3-8-21-13/h2-6,8,10H,7,9H2,1H3,(H2,17,19)(H,18,20). The molecule has 3 N–H and O–H groups in total. The molecule has 0 fully saturated rings. The molecule has 2 aromatic rings. The molecule has 0 saturated carbocycles. The number of furan rings is 1. The van der Waals surface area contributed by atoms with Crippen molar-refractivity contribution in [3.63, 3.8) is 0 Å². The van der Waals surface area contributed by atoms with Crippen LogP contribution in [-0.2, 0) is 5.54 Å². The summed E-state index contributed by atoms with van der Waals surface area (Å²) in [6, 6.07) is 11.0. The Balaban J connectivity index is 1.84. The van der Waals surface area contributed by atoms with Gasteiger partial charge in [-0.2, -0.15) is 0 Å². The highest BCUT2D eigenvalue weighted by Gasteiger charge is 2.29. The van der Waals surface area contributed by atoms with Crippen molar-refractivity contribution in [2.45, 2.75) is 18.9 Å². The van der Waals surface area contributed by atoms with Crippen molar-refractivity contribution in [2.24, 2.45) is 10.7 Å². The zero-order valence-electron chi connectivity index (χ0n) is 12.2. The minimum atomic E-state index is -0.346. The number of hydrogen-bond acceptors (Lipinski definition) is 5. The lowest BCUT2D eigenvalue weighted by Crippen LogP contribution is -2.28. The second kappa shape index (κ2) is 5.88. The van der Waals surface area contributed by atoms with Gasteiger partial charge in [0.15, 0.2) is 10.9 Å². The van der Waals surface area contributed by atoms with E-state index in [0.717, 1.165) is 17.7 Å². The molecule has 0 spiro atoms. The van der Waals surface area contributed by atoms with Crippen LogP contribution in [0.3, 0.4) is 0 Å². The van der Waals surface area contributed by atoms with Crippen molar-refractivity contribution < 1.29 is 9.21 Å². The molecule has 1 atom stereocenters. The first kappa shape index (κ1) is 14.7. The number of carbonyl (C=O) groups is 1. The average Bonchev–Trinajstić information content (AvgIpc) is 3.01. The van der Waals surface area contributed by atoms with E-state index in [9.17, 15) is 4.79 Å². The average molecular weight is 315 g/mol. The summed E-state index contributed by atoms with van der Waals surface area (Å²) in [4.78, 5) is 16.6. The van der Waals surface area contributed by atoms with E-state index in [2.05, 4.69) is 17.2 Å². The van der Waals surface area contributed by atoms with Crippen LogP contribution in [0.1, 0.15) is 29.5 Å². The van der Waals surface area contributed by atoms with Gasteiger partial charge in [-0.15, -0.1) is 0 Å². The number of nitrogens with one attached hydrogen (secondary N) is 1. The monoisotopic (exact) mass is 315 g/mol. The zero-order valence-corrected chi connectivity index (χ0v) is 13.0. The Morgan fingerprint density at radius 3 is 3.00 bits per heavy atom. The Bertz CT molecular complexity index is 712. The van der Waals surface area contributed by atoms with Crippen LogP contribution in [0.2, 0.25) is 0 Å². The number of amides is 1. The van der Waals surface area contributed by atoms with Crippen LogP contribution < -0.4 is 11.1 Å². The summed E-state index contributed by atoms with van der Waals surface area (Å²) < 4.78 is 5.09. The highest BCUT2D eigenvalue weighted by atomic mass is 32.2. The topological polar surface area (TPSA) is 80.6 Å². The van der Waals surface area contributed by atoms with E-state index in [4.69, 9.17) is 10.2 Å². The fraction of sp³-hybridized carbons (Fsp3) is 0.250. The summed E-state index contributed by atoms with van der Waals surface area (Å²) in [5.41, 5.74) is 7.27. The molecule has 1 aromatic carbocycles. The minimum Gasteiger partial charge on any atom is -0.459 e. The third kappa shape index (κ3) is 3.01. The van der Waals surface area contributed by atoms with E-state index in [0.29, 0.717) is 10.9 Å². The number of carbonyl (C=O) groups excluding carboxylic acids is 1. The Labute approximate surface area is 133 Å². The highest BCUT2D eigenvalue weighted by molar-refractivity contribution is 8.13. The van der Waals surface area contributed by atoms with Crippen molar-refractivity contribution in [1.82, 2.24) is 0 Å². The van der Waals surface area contributed by atoms with Crippen LogP contribution >= 0.6 is 11.8 Å². The predicted octanol–water partition coefficient (Wildman–Crippen LogP) is 3.20. The number of hydrogen-bond donors (Lipinski definition) is 2. The van der Waals surface area contributed by atoms with Gasteiger partial charge in [-0.3, -0.25) is 9.79 Å². The number of nitrogens with two attached hydrogens (primary N) is 1. The van der Waals surface area contributed by atoms with Gasteiger partial charge in [-0.1, -0.05) is 23.9 Å². The van der Waals surface area contributed by atoms with Gasteiger partial charge in [0.25, 0.3) is 5.91 Å². The number of anilines is 1. The number of rotatable bonds is 3. The van der Waals surface area contributed by atoms with Crippen LogP contribution in [0, 0.1) is 0 Å². The Hall–Kier alpha value is -2.21. The lowest BCUT2D eigenvalue weighted by atomic mass is 9.89. The first-order chi connectivity index (χ1) is 10.6.